The van der Waals surface area contributed by atoms with Gasteiger partial charge in [0.25, 0.3) is 0 Å². The Bertz CT molecular complexity index is 751. The van der Waals surface area contributed by atoms with Gasteiger partial charge in [-0.3, -0.25) is 0 Å². The average Bonchev–Trinajstić information content (AvgIpc) is 3.00. The second-order valence-corrected chi connectivity index (χ2v) is 6.27. The molecule has 0 unspecified atom stereocenters. The second-order valence-electron chi connectivity index (χ2n) is 6.27. The summed E-state index contributed by atoms with van der Waals surface area (Å²) >= 11 is 0. The number of morpholine rings is 1. The Kier molecular flexibility index (Phi) is 6.72. The first-order valence-electron chi connectivity index (χ1n) is 9.08. The average molecular weight is 374 g/mol. The van der Waals surface area contributed by atoms with Gasteiger partial charge in [-0.15, -0.1) is 5.11 Å². The van der Waals surface area contributed by atoms with Crippen LogP contribution in [0.25, 0.3) is 0 Å². The summed E-state index contributed by atoms with van der Waals surface area (Å²) in [6.45, 7) is 8.37. The van der Waals surface area contributed by atoms with Crippen molar-refractivity contribution in [2.75, 3.05) is 51.4 Å². The second kappa shape index (κ2) is 9.43. The first-order valence-corrected chi connectivity index (χ1v) is 9.08. The van der Waals surface area contributed by atoms with Crippen LogP contribution in [0.5, 0.6) is 6.01 Å². The van der Waals surface area contributed by atoms with Gasteiger partial charge in [0.05, 0.1) is 18.9 Å². The summed E-state index contributed by atoms with van der Waals surface area (Å²) in [6.07, 6.45) is 0. The quantitative estimate of drug-likeness (QED) is 0.560. The molecule has 3 heterocycles. The molecule has 2 aromatic rings. The van der Waals surface area contributed by atoms with Crippen molar-refractivity contribution in [3.63, 3.8) is 0 Å². The molecule has 1 fully saturated rings. The maximum atomic E-state index is 5.67. The Balaban J connectivity index is 1.73. The Morgan fingerprint density at radius 2 is 2.04 bits per heavy atom. The minimum Gasteiger partial charge on any atom is -0.462 e. The minimum atomic E-state index is 0.320. The van der Waals surface area contributed by atoms with Crippen molar-refractivity contribution >= 4 is 11.7 Å². The number of rotatable bonds is 8. The smallest absolute Gasteiger partial charge is 0.318 e. The van der Waals surface area contributed by atoms with Crippen LogP contribution in [0.3, 0.4) is 0 Å². The predicted octanol–water partition coefficient (Wildman–Crippen LogP) is 2.41. The molecule has 0 atom stereocenters. The van der Waals surface area contributed by atoms with Gasteiger partial charge in [-0.25, -0.2) is 0 Å². The van der Waals surface area contributed by atoms with Crippen molar-refractivity contribution in [1.82, 2.24) is 15.3 Å². The number of aryl methyl sites for hydroxylation is 2. The molecular weight excluding hydrogens is 348 g/mol. The molecule has 0 spiro atoms. The zero-order chi connectivity index (χ0) is 19.1. The first-order chi connectivity index (χ1) is 13.2. The molecule has 146 valence electrons. The van der Waals surface area contributed by atoms with E-state index in [0.717, 1.165) is 42.5 Å². The van der Waals surface area contributed by atoms with E-state index in [0.29, 0.717) is 38.3 Å². The number of nitrogens with one attached hydrogen (secondary N) is 1. The zero-order valence-electron chi connectivity index (χ0n) is 16.1. The molecule has 9 heteroatoms. The lowest BCUT2D eigenvalue weighted by atomic mass is 10.3. The SMILES string of the molecule is CNCCOc1nc(CN=Nc2cc(C)c(C)o2)cc(N2CCOCC2)n1. The molecule has 9 nitrogen and oxygen atoms in total. The first kappa shape index (κ1) is 19.2. The molecule has 27 heavy (non-hydrogen) atoms. The number of nitrogens with zero attached hydrogens (tertiary/aromatic N) is 5. The fraction of sp³-hybridized carbons (Fsp3) is 0.556. The summed E-state index contributed by atoms with van der Waals surface area (Å²) in [5, 5.41) is 11.4. The third kappa shape index (κ3) is 5.48. The van der Waals surface area contributed by atoms with E-state index < -0.39 is 0 Å². The maximum Gasteiger partial charge on any atom is 0.318 e. The number of hydrogen-bond acceptors (Lipinski definition) is 9. The molecule has 1 aliphatic rings. The van der Waals surface area contributed by atoms with Crippen LogP contribution in [-0.2, 0) is 11.3 Å². The molecule has 2 aromatic heterocycles. The summed E-state index contributed by atoms with van der Waals surface area (Å²) in [6, 6.07) is 4.14. The van der Waals surface area contributed by atoms with Gasteiger partial charge in [0.1, 0.15) is 24.7 Å². The number of aromatic nitrogens is 2. The number of hydrogen-bond donors (Lipinski definition) is 1. The number of furan rings is 1. The lowest BCUT2D eigenvalue weighted by molar-refractivity contribution is 0.122. The Morgan fingerprint density at radius 3 is 2.74 bits per heavy atom. The normalized spacial score (nSPS) is 14.9. The Labute approximate surface area is 158 Å². The summed E-state index contributed by atoms with van der Waals surface area (Å²) in [5.74, 6) is 2.17. The highest BCUT2D eigenvalue weighted by molar-refractivity contribution is 5.41. The standard InChI is InChI=1S/C18H26N6O3/c1-13-10-17(27-14(13)2)23-20-12-15-11-16(24-5-8-25-9-6-24)22-18(21-15)26-7-4-19-3/h10-11,19H,4-9,12H2,1-3H3. The highest BCUT2D eigenvalue weighted by Gasteiger charge is 2.15. The van der Waals surface area contributed by atoms with E-state index in [2.05, 4.69) is 30.4 Å². The van der Waals surface area contributed by atoms with Gasteiger partial charge >= 0.3 is 6.01 Å². The van der Waals surface area contributed by atoms with Crippen molar-refractivity contribution in [2.45, 2.75) is 20.4 Å². The van der Waals surface area contributed by atoms with Crippen molar-refractivity contribution in [3.8, 4) is 6.01 Å². The predicted molar refractivity (Wildman–Crippen MR) is 101 cm³/mol. The van der Waals surface area contributed by atoms with Crippen molar-refractivity contribution < 1.29 is 13.9 Å². The monoisotopic (exact) mass is 374 g/mol. The molecular formula is C18H26N6O3. The lowest BCUT2D eigenvalue weighted by Gasteiger charge is -2.28. The highest BCUT2D eigenvalue weighted by atomic mass is 16.5. The molecule has 1 aliphatic heterocycles. The van der Waals surface area contributed by atoms with Gasteiger partial charge in [-0.1, -0.05) is 0 Å². The topological polar surface area (TPSA) is 97.4 Å². The summed E-state index contributed by atoms with van der Waals surface area (Å²) in [5.41, 5.74) is 1.80. The molecule has 1 saturated heterocycles. The van der Waals surface area contributed by atoms with Gasteiger partial charge in [0.15, 0.2) is 0 Å². The van der Waals surface area contributed by atoms with E-state index in [1.807, 2.05) is 33.0 Å². The van der Waals surface area contributed by atoms with Crippen LogP contribution in [0.2, 0.25) is 0 Å². The maximum absolute atomic E-state index is 5.67. The van der Waals surface area contributed by atoms with E-state index in [4.69, 9.17) is 13.9 Å². The third-order valence-corrected chi connectivity index (χ3v) is 4.22. The minimum absolute atomic E-state index is 0.320. The van der Waals surface area contributed by atoms with Crippen molar-refractivity contribution in [3.05, 3.63) is 29.2 Å². The van der Waals surface area contributed by atoms with Gasteiger partial charge in [-0.05, 0) is 26.5 Å². The fourth-order valence-corrected chi connectivity index (χ4v) is 2.58. The van der Waals surface area contributed by atoms with E-state index in [9.17, 15) is 0 Å². The fourth-order valence-electron chi connectivity index (χ4n) is 2.58. The summed E-state index contributed by atoms with van der Waals surface area (Å²) < 4.78 is 16.6. The number of ether oxygens (including phenoxy) is 2. The van der Waals surface area contributed by atoms with Crippen LogP contribution in [0.15, 0.2) is 26.8 Å². The van der Waals surface area contributed by atoms with E-state index >= 15 is 0 Å². The van der Waals surface area contributed by atoms with Gasteiger partial charge in [0, 0.05) is 31.8 Å². The number of likely N-dealkylation sites (N-methyl/N-ethyl adjacent to an activating group) is 1. The van der Waals surface area contributed by atoms with E-state index in [1.54, 1.807) is 0 Å². The largest absolute Gasteiger partial charge is 0.462 e. The molecule has 0 saturated carbocycles. The molecule has 0 aliphatic carbocycles. The molecule has 0 bridgehead atoms. The van der Waals surface area contributed by atoms with Crippen LogP contribution in [-0.4, -0.2) is 56.5 Å². The van der Waals surface area contributed by atoms with Gasteiger partial charge in [0.2, 0.25) is 5.88 Å². The summed E-state index contributed by atoms with van der Waals surface area (Å²) in [4.78, 5) is 11.1. The van der Waals surface area contributed by atoms with Crippen LogP contribution in [0.4, 0.5) is 11.7 Å². The Hall–Kier alpha value is -2.52. The number of anilines is 1. The molecule has 0 amide bonds. The number of azo groups is 1. The Morgan fingerprint density at radius 1 is 1.22 bits per heavy atom. The summed E-state index contributed by atoms with van der Waals surface area (Å²) in [7, 11) is 1.87. The van der Waals surface area contributed by atoms with Crippen molar-refractivity contribution in [1.29, 1.82) is 0 Å². The van der Waals surface area contributed by atoms with E-state index in [1.165, 1.54) is 0 Å². The highest BCUT2D eigenvalue weighted by Crippen LogP contribution is 2.22. The van der Waals surface area contributed by atoms with Gasteiger partial charge in [-0.2, -0.15) is 15.1 Å². The van der Waals surface area contributed by atoms with Crippen molar-refractivity contribution in [2.24, 2.45) is 10.2 Å². The van der Waals surface area contributed by atoms with Crippen LogP contribution >= 0.6 is 0 Å². The third-order valence-electron chi connectivity index (χ3n) is 4.22. The van der Waals surface area contributed by atoms with E-state index in [-0.39, 0.29) is 0 Å². The van der Waals surface area contributed by atoms with Crippen LogP contribution in [0, 0.1) is 13.8 Å². The van der Waals surface area contributed by atoms with Crippen LogP contribution in [0.1, 0.15) is 17.0 Å². The van der Waals surface area contributed by atoms with Crippen LogP contribution < -0.4 is 15.0 Å². The zero-order valence-corrected chi connectivity index (χ0v) is 16.1. The molecule has 0 aromatic carbocycles. The molecule has 1 N–H and O–H groups in total. The molecule has 0 radical (unpaired) electrons. The lowest BCUT2D eigenvalue weighted by Crippen LogP contribution is -2.37. The molecule has 3 rings (SSSR count). The van der Waals surface area contributed by atoms with Gasteiger partial charge < -0.3 is 24.1 Å².